The fourth-order valence-electron chi connectivity index (χ4n) is 3.18. The van der Waals surface area contributed by atoms with Crippen molar-refractivity contribution in [1.29, 1.82) is 0 Å². The van der Waals surface area contributed by atoms with Gasteiger partial charge in [-0.15, -0.1) is 0 Å². The van der Waals surface area contributed by atoms with Gasteiger partial charge in [0.05, 0.1) is 6.04 Å². The van der Waals surface area contributed by atoms with Crippen LogP contribution in [0.5, 0.6) is 0 Å². The van der Waals surface area contributed by atoms with E-state index in [4.69, 9.17) is 17.3 Å². The number of aromatic nitrogens is 1. The maximum atomic E-state index is 10.5. The predicted molar refractivity (Wildman–Crippen MR) is 93.9 cm³/mol. The van der Waals surface area contributed by atoms with E-state index < -0.39 is 0 Å². The van der Waals surface area contributed by atoms with E-state index in [1.165, 1.54) is 5.06 Å². The van der Waals surface area contributed by atoms with Crippen molar-refractivity contribution in [3.63, 3.8) is 0 Å². The van der Waals surface area contributed by atoms with Crippen molar-refractivity contribution in [2.75, 3.05) is 5.32 Å². The third-order valence-corrected chi connectivity index (χ3v) is 4.50. The first-order chi connectivity index (χ1) is 10.6. The van der Waals surface area contributed by atoms with Gasteiger partial charge in [-0.05, 0) is 59.1 Å². The van der Waals surface area contributed by atoms with Crippen molar-refractivity contribution in [3.8, 4) is 0 Å². The summed E-state index contributed by atoms with van der Waals surface area (Å²) in [6.07, 6.45) is 4.05. The molecule has 0 aliphatic carbocycles. The molecule has 0 radical (unpaired) electrons. The van der Waals surface area contributed by atoms with E-state index in [0.717, 1.165) is 24.9 Å². The Hall–Kier alpha value is -1.37. The number of guanidine groups is 1. The topological polar surface area (TPSA) is 86.8 Å². The number of hydrogen-bond donors (Lipinski definition) is 3. The number of hydrogen-bond acceptors (Lipinski definition) is 4. The first-order valence-corrected chi connectivity index (χ1v) is 8.19. The minimum Gasteiger partial charge on any atom is -0.370 e. The quantitative estimate of drug-likeness (QED) is 0.437. The van der Waals surface area contributed by atoms with Gasteiger partial charge in [-0.1, -0.05) is 11.6 Å². The van der Waals surface area contributed by atoms with Gasteiger partial charge in [0.25, 0.3) is 0 Å². The standard InChI is InChI=1S/C16H26ClN5O/c1-15(2)7-5-12(10-16(3,4)22(15)23)21-14(18)20-11-6-8-19-13(17)9-11/h6,8-9,12,23H,5,7,10H2,1-4H3,(H3,18,19,20,21). The molecule has 7 heteroatoms. The molecule has 23 heavy (non-hydrogen) atoms. The Morgan fingerprint density at radius 1 is 1.43 bits per heavy atom. The average Bonchev–Trinajstić information content (AvgIpc) is 2.49. The van der Waals surface area contributed by atoms with E-state index in [1.54, 1.807) is 18.3 Å². The predicted octanol–water partition coefficient (Wildman–Crippen LogP) is 3.26. The van der Waals surface area contributed by atoms with Crippen LogP contribution in [0.25, 0.3) is 0 Å². The zero-order valence-electron chi connectivity index (χ0n) is 14.2. The first-order valence-electron chi connectivity index (χ1n) is 7.81. The summed E-state index contributed by atoms with van der Waals surface area (Å²) < 4.78 is 0. The van der Waals surface area contributed by atoms with Crippen LogP contribution in [0.3, 0.4) is 0 Å². The Bertz CT molecular complexity index is 588. The molecule has 1 saturated heterocycles. The number of halogens is 1. The van der Waals surface area contributed by atoms with Crippen molar-refractivity contribution in [1.82, 2.24) is 10.0 Å². The van der Waals surface area contributed by atoms with Crippen LogP contribution in [-0.2, 0) is 0 Å². The minimum atomic E-state index is -0.367. The van der Waals surface area contributed by atoms with E-state index in [-0.39, 0.29) is 17.1 Å². The molecule has 1 atom stereocenters. The number of aliphatic imine (C=N–C) groups is 1. The fraction of sp³-hybridized carbons (Fsp3) is 0.625. The summed E-state index contributed by atoms with van der Waals surface area (Å²) in [5.41, 5.74) is 6.13. The summed E-state index contributed by atoms with van der Waals surface area (Å²) in [6.45, 7) is 8.13. The van der Waals surface area contributed by atoms with Crippen LogP contribution >= 0.6 is 11.6 Å². The van der Waals surface area contributed by atoms with Gasteiger partial charge in [0.15, 0.2) is 5.96 Å². The lowest BCUT2D eigenvalue weighted by Crippen LogP contribution is -2.52. The molecule has 1 unspecified atom stereocenters. The number of anilines is 1. The molecule has 6 nitrogen and oxygen atoms in total. The molecule has 128 valence electrons. The molecule has 0 bridgehead atoms. The molecule has 1 fully saturated rings. The highest BCUT2D eigenvalue weighted by molar-refractivity contribution is 6.29. The fourth-order valence-corrected chi connectivity index (χ4v) is 3.35. The Morgan fingerprint density at radius 2 is 2.13 bits per heavy atom. The molecule has 1 aromatic rings. The van der Waals surface area contributed by atoms with Gasteiger partial charge >= 0.3 is 0 Å². The summed E-state index contributed by atoms with van der Waals surface area (Å²) in [7, 11) is 0. The lowest BCUT2D eigenvalue weighted by atomic mass is 9.94. The van der Waals surface area contributed by atoms with E-state index in [0.29, 0.717) is 11.1 Å². The number of nitrogens with two attached hydrogens (primary N) is 1. The maximum absolute atomic E-state index is 10.5. The van der Waals surface area contributed by atoms with E-state index in [1.807, 2.05) is 27.7 Å². The molecule has 1 aliphatic heterocycles. The lowest BCUT2D eigenvalue weighted by Gasteiger charge is -2.42. The largest absolute Gasteiger partial charge is 0.370 e. The highest BCUT2D eigenvalue weighted by Gasteiger charge is 2.41. The van der Waals surface area contributed by atoms with Gasteiger partial charge in [-0.25, -0.2) is 9.98 Å². The van der Waals surface area contributed by atoms with Gasteiger partial charge in [0.2, 0.25) is 0 Å². The Morgan fingerprint density at radius 3 is 2.78 bits per heavy atom. The molecule has 1 aromatic heterocycles. The van der Waals surface area contributed by atoms with E-state index in [9.17, 15) is 5.21 Å². The molecule has 0 aromatic carbocycles. The highest BCUT2D eigenvalue weighted by atomic mass is 35.5. The first kappa shape index (κ1) is 18.0. The second-order valence-electron chi connectivity index (χ2n) is 7.34. The Kier molecular flexibility index (Phi) is 5.18. The zero-order chi connectivity index (χ0) is 17.3. The number of pyridine rings is 1. The Balaban J connectivity index is 2.12. The third kappa shape index (κ3) is 4.56. The van der Waals surface area contributed by atoms with Crippen molar-refractivity contribution in [3.05, 3.63) is 23.5 Å². The van der Waals surface area contributed by atoms with Crippen LogP contribution in [0.15, 0.2) is 23.3 Å². The van der Waals surface area contributed by atoms with Gasteiger partial charge in [0, 0.05) is 23.0 Å². The van der Waals surface area contributed by atoms with Gasteiger partial charge in [-0.3, -0.25) is 0 Å². The molecular formula is C16H26ClN5O. The van der Waals surface area contributed by atoms with Crippen LogP contribution < -0.4 is 11.1 Å². The zero-order valence-corrected chi connectivity index (χ0v) is 14.9. The molecule has 0 amide bonds. The van der Waals surface area contributed by atoms with Crippen LogP contribution in [0, 0.1) is 0 Å². The lowest BCUT2D eigenvalue weighted by molar-refractivity contribution is -0.221. The number of hydroxylamine groups is 2. The van der Waals surface area contributed by atoms with Crippen molar-refractivity contribution < 1.29 is 5.21 Å². The number of nitrogens with zero attached hydrogens (tertiary/aromatic N) is 3. The summed E-state index contributed by atoms with van der Waals surface area (Å²) in [4.78, 5) is 8.53. The van der Waals surface area contributed by atoms with Gasteiger partial charge in [0.1, 0.15) is 5.15 Å². The molecular weight excluding hydrogens is 314 g/mol. The summed E-state index contributed by atoms with van der Waals surface area (Å²) in [5, 5.41) is 15.4. The van der Waals surface area contributed by atoms with Crippen LogP contribution in [0.1, 0.15) is 47.0 Å². The van der Waals surface area contributed by atoms with Gasteiger partial charge in [-0.2, -0.15) is 5.06 Å². The maximum Gasteiger partial charge on any atom is 0.193 e. The van der Waals surface area contributed by atoms with Crippen molar-refractivity contribution in [2.45, 2.75) is 64.1 Å². The second kappa shape index (κ2) is 6.63. The van der Waals surface area contributed by atoms with Gasteiger partial charge < -0.3 is 16.3 Å². The Labute approximate surface area is 142 Å². The molecule has 4 N–H and O–H groups in total. The van der Waals surface area contributed by atoms with Crippen LogP contribution in [0.2, 0.25) is 5.15 Å². The monoisotopic (exact) mass is 339 g/mol. The van der Waals surface area contributed by atoms with Crippen molar-refractivity contribution in [2.24, 2.45) is 10.7 Å². The molecule has 0 spiro atoms. The summed E-state index contributed by atoms with van der Waals surface area (Å²) >= 11 is 5.86. The normalized spacial score (nSPS) is 25.0. The molecule has 2 rings (SSSR count). The van der Waals surface area contributed by atoms with Crippen LogP contribution in [-0.4, -0.2) is 38.3 Å². The summed E-state index contributed by atoms with van der Waals surface area (Å²) in [6, 6.07) is 3.52. The number of rotatable bonds is 2. The molecule has 2 heterocycles. The van der Waals surface area contributed by atoms with Crippen LogP contribution in [0.4, 0.5) is 5.69 Å². The minimum absolute atomic E-state index is 0.0474. The third-order valence-electron chi connectivity index (χ3n) is 4.29. The van der Waals surface area contributed by atoms with Crippen molar-refractivity contribution >= 4 is 23.2 Å². The molecule has 0 saturated carbocycles. The smallest absolute Gasteiger partial charge is 0.193 e. The summed E-state index contributed by atoms with van der Waals surface area (Å²) in [5.74, 6) is 0.345. The molecule has 1 aliphatic rings. The average molecular weight is 340 g/mol. The highest BCUT2D eigenvalue weighted by Crippen LogP contribution is 2.36. The second-order valence-corrected chi connectivity index (χ2v) is 7.73. The number of nitrogens with one attached hydrogen (secondary N) is 1. The SMILES string of the molecule is CC1(C)CCC(N=C(N)Nc2ccnc(Cl)c2)CC(C)(C)N1O. The van der Waals surface area contributed by atoms with E-state index >= 15 is 0 Å². The van der Waals surface area contributed by atoms with E-state index in [2.05, 4.69) is 15.3 Å².